The van der Waals surface area contributed by atoms with E-state index < -0.39 is 10.0 Å². The van der Waals surface area contributed by atoms with Crippen molar-refractivity contribution >= 4 is 38.6 Å². The van der Waals surface area contributed by atoms with Crippen LogP contribution in [-0.2, 0) is 21.3 Å². The summed E-state index contributed by atoms with van der Waals surface area (Å²) in [4.78, 5) is 17.6. The number of ether oxygens (including phenoxy) is 3. The first-order valence-corrected chi connectivity index (χ1v) is 13.0. The Bertz CT molecular complexity index is 1320. The number of carbonyl (C=O) groups excluding carboxylic acids is 1. The van der Waals surface area contributed by atoms with Crippen LogP contribution < -0.4 is 9.47 Å². The van der Waals surface area contributed by atoms with Gasteiger partial charge in [-0.1, -0.05) is 11.8 Å². The predicted octanol–water partition coefficient (Wildman–Crippen LogP) is 2.78. The molecule has 0 unspecified atom stereocenters. The number of carbonyl (C=O) groups is 1. The number of hydrogen-bond donors (Lipinski definition) is 0. The lowest BCUT2D eigenvalue weighted by molar-refractivity contribution is 0.0730. The highest BCUT2D eigenvalue weighted by Crippen LogP contribution is 2.33. The molecule has 2 aliphatic rings. The second-order valence-electron chi connectivity index (χ2n) is 7.59. The van der Waals surface area contributed by atoms with E-state index in [1.165, 1.54) is 16.1 Å². The first-order chi connectivity index (χ1) is 16.0. The van der Waals surface area contributed by atoms with Crippen molar-refractivity contribution in [1.82, 2.24) is 13.9 Å². The predicted molar refractivity (Wildman–Crippen MR) is 123 cm³/mol. The van der Waals surface area contributed by atoms with Crippen molar-refractivity contribution in [3.63, 3.8) is 0 Å². The van der Waals surface area contributed by atoms with Gasteiger partial charge in [-0.15, -0.1) is 0 Å². The molecular weight excluding hydrogens is 466 g/mol. The van der Waals surface area contributed by atoms with Crippen LogP contribution in [0.2, 0.25) is 0 Å². The number of Topliss-reactive ketones (excluding diaryl/α,β-unsaturated/α-hetero) is 1. The lowest BCUT2D eigenvalue weighted by atomic mass is 10.1. The lowest BCUT2D eigenvalue weighted by Gasteiger charge is -2.26. The minimum atomic E-state index is -3.61. The van der Waals surface area contributed by atoms with Crippen molar-refractivity contribution in [2.45, 2.75) is 23.5 Å². The maximum Gasteiger partial charge on any atom is 0.243 e. The second kappa shape index (κ2) is 8.98. The number of morpholine rings is 1. The minimum absolute atomic E-state index is 0.0522. The van der Waals surface area contributed by atoms with Crippen molar-refractivity contribution in [3.05, 3.63) is 42.0 Å². The Kier molecular flexibility index (Phi) is 6.04. The Morgan fingerprint density at radius 2 is 1.88 bits per heavy atom. The molecule has 3 heterocycles. The van der Waals surface area contributed by atoms with Gasteiger partial charge in [0.1, 0.15) is 0 Å². The van der Waals surface area contributed by atoms with E-state index in [9.17, 15) is 13.2 Å². The summed E-state index contributed by atoms with van der Waals surface area (Å²) in [6, 6.07) is 10.2. The third-order valence-electron chi connectivity index (χ3n) is 5.64. The third kappa shape index (κ3) is 4.21. The average Bonchev–Trinajstić information content (AvgIpc) is 3.45. The highest BCUT2D eigenvalue weighted by atomic mass is 32.2. The molecule has 3 aromatic rings. The number of rotatable bonds is 7. The normalized spacial score (nSPS) is 16.4. The van der Waals surface area contributed by atoms with Gasteiger partial charge in [-0.05, 0) is 43.3 Å². The molecule has 1 fully saturated rings. The number of fused-ring (bicyclic) bond motifs is 2. The molecule has 0 radical (unpaired) electrons. The van der Waals surface area contributed by atoms with Gasteiger partial charge in [-0.3, -0.25) is 4.79 Å². The van der Waals surface area contributed by atoms with E-state index in [4.69, 9.17) is 14.2 Å². The number of ketones is 1. The van der Waals surface area contributed by atoms with E-state index in [2.05, 4.69) is 4.98 Å². The number of benzene rings is 2. The molecule has 174 valence electrons. The summed E-state index contributed by atoms with van der Waals surface area (Å²) in [5.41, 5.74) is 1.96. The molecule has 0 bridgehead atoms. The van der Waals surface area contributed by atoms with Crippen LogP contribution in [-0.4, -0.2) is 66.9 Å². The molecule has 0 atom stereocenters. The number of thioether (sulfide) groups is 1. The van der Waals surface area contributed by atoms with E-state index in [1.54, 1.807) is 36.4 Å². The Hall–Kier alpha value is -2.60. The molecule has 33 heavy (non-hydrogen) atoms. The standard InChI is InChI=1S/C22H23N3O6S2/c1-2-25-18-5-4-16(33(27,28)24-7-9-29-10-8-24)12-17(18)23-22(25)32-13-19(26)15-3-6-20-21(11-15)31-14-30-20/h3-6,11-12H,2,7-10,13-14H2,1H3. The summed E-state index contributed by atoms with van der Waals surface area (Å²) in [5, 5.41) is 0.669. The molecule has 2 aliphatic heterocycles. The highest BCUT2D eigenvalue weighted by Gasteiger charge is 2.27. The summed E-state index contributed by atoms with van der Waals surface area (Å²) >= 11 is 1.33. The maximum absolute atomic E-state index is 13.0. The van der Waals surface area contributed by atoms with Crippen LogP contribution in [0.3, 0.4) is 0 Å². The quantitative estimate of drug-likeness (QED) is 0.369. The van der Waals surface area contributed by atoms with E-state index >= 15 is 0 Å². The van der Waals surface area contributed by atoms with Crippen molar-refractivity contribution in [1.29, 1.82) is 0 Å². The zero-order valence-electron chi connectivity index (χ0n) is 18.0. The van der Waals surface area contributed by atoms with Crippen molar-refractivity contribution in [2.75, 3.05) is 38.8 Å². The molecule has 9 nitrogen and oxygen atoms in total. The zero-order chi connectivity index (χ0) is 23.0. The Labute approximate surface area is 195 Å². The van der Waals surface area contributed by atoms with Gasteiger partial charge in [-0.2, -0.15) is 4.31 Å². The molecule has 0 saturated carbocycles. The fourth-order valence-corrected chi connectivity index (χ4v) is 6.28. The largest absolute Gasteiger partial charge is 0.454 e. The van der Waals surface area contributed by atoms with Gasteiger partial charge >= 0.3 is 0 Å². The Morgan fingerprint density at radius 1 is 1.09 bits per heavy atom. The summed E-state index contributed by atoms with van der Waals surface area (Å²) in [6.07, 6.45) is 0. The van der Waals surface area contributed by atoms with Crippen molar-refractivity contribution in [3.8, 4) is 11.5 Å². The van der Waals surface area contributed by atoms with Crippen LogP contribution in [0.1, 0.15) is 17.3 Å². The Morgan fingerprint density at radius 3 is 2.67 bits per heavy atom. The summed E-state index contributed by atoms with van der Waals surface area (Å²) in [5.74, 6) is 1.35. The maximum atomic E-state index is 13.0. The number of nitrogens with zero attached hydrogens (tertiary/aromatic N) is 3. The summed E-state index contributed by atoms with van der Waals surface area (Å²) < 4.78 is 45.4. The van der Waals surface area contributed by atoms with Crippen LogP contribution in [0, 0.1) is 0 Å². The molecule has 1 saturated heterocycles. The average molecular weight is 490 g/mol. The Balaban J connectivity index is 1.37. The number of aromatic nitrogens is 2. The molecule has 11 heteroatoms. The van der Waals surface area contributed by atoms with Gasteiger partial charge in [0.2, 0.25) is 16.8 Å². The van der Waals surface area contributed by atoms with Gasteiger partial charge in [0.25, 0.3) is 0 Å². The molecule has 2 aromatic carbocycles. The number of imidazole rings is 1. The molecule has 5 rings (SSSR count). The van der Waals surface area contributed by atoms with Crippen molar-refractivity contribution in [2.24, 2.45) is 0 Å². The van der Waals surface area contributed by atoms with Crippen LogP contribution in [0.25, 0.3) is 11.0 Å². The number of hydrogen-bond acceptors (Lipinski definition) is 8. The van der Waals surface area contributed by atoms with Gasteiger partial charge in [-0.25, -0.2) is 13.4 Å². The van der Waals surface area contributed by atoms with Gasteiger partial charge < -0.3 is 18.8 Å². The van der Waals surface area contributed by atoms with Gasteiger partial charge in [0, 0.05) is 25.2 Å². The third-order valence-corrected chi connectivity index (χ3v) is 8.51. The molecule has 0 amide bonds. The van der Waals surface area contributed by atoms with Crippen LogP contribution in [0.15, 0.2) is 46.5 Å². The first kappa shape index (κ1) is 22.2. The topological polar surface area (TPSA) is 100.0 Å². The first-order valence-electron chi connectivity index (χ1n) is 10.6. The van der Waals surface area contributed by atoms with E-state index in [0.717, 1.165) is 5.52 Å². The van der Waals surface area contributed by atoms with E-state index in [1.807, 2.05) is 11.5 Å². The number of aryl methyl sites for hydroxylation is 1. The second-order valence-corrected chi connectivity index (χ2v) is 10.5. The fourth-order valence-electron chi connectivity index (χ4n) is 3.88. The van der Waals surface area contributed by atoms with E-state index in [0.29, 0.717) is 60.6 Å². The minimum Gasteiger partial charge on any atom is -0.454 e. The lowest BCUT2D eigenvalue weighted by Crippen LogP contribution is -2.40. The van der Waals surface area contributed by atoms with Gasteiger partial charge in [0.15, 0.2) is 22.4 Å². The number of sulfonamides is 1. The van der Waals surface area contributed by atoms with Crippen LogP contribution >= 0.6 is 11.8 Å². The molecule has 0 N–H and O–H groups in total. The van der Waals surface area contributed by atoms with Crippen LogP contribution in [0.5, 0.6) is 11.5 Å². The van der Waals surface area contributed by atoms with E-state index in [-0.39, 0.29) is 23.2 Å². The smallest absolute Gasteiger partial charge is 0.243 e. The van der Waals surface area contributed by atoms with Crippen LogP contribution in [0.4, 0.5) is 0 Å². The summed E-state index contributed by atoms with van der Waals surface area (Å²) in [6.45, 7) is 4.26. The molecule has 0 aliphatic carbocycles. The molecule has 0 spiro atoms. The fraction of sp³-hybridized carbons (Fsp3) is 0.364. The van der Waals surface area contributed by atoms with Crippen molar-refractivity contribution < 1.29 is 27.4 Å². The zero-order valence-corrected chi connectivity index (χ0v) is 19.7. The summed E-state index contributed by atoms with van der Waals surface area (Å²) in [7, 11) is -3.61. The SMILES string of the molecule is CCn1c(SCC(=O)c2ccc3c(c2)OCO3)nc2cc(S(=O)(=O)N3CCOCC3)ccc21. The highest BCUT2D eigenvalue weighted by molar-refractivity contribution is 7.99. The molecular formula is C22H23N3O6S2. The van der Waals surface area contributed by atoms with Gasteiger partial charge in [0.05, 0.1) is 34.9 Å². The molecule has 1 aromatic heterocycles. The monoisotopic (exact) mass is 489 g/mol.